The number of alkyl carbamates (subject to hydrolysis) is 2. The SMILES string of the molecule is C=C(COC(=O)NCCNC(=O)OC(C)(C)C)SC=NC. The maximum Gasteiger partial charge on any atom is 0.407 e. The van der Waals surface area contributed by atoms with E-state index >= 15 is 0 Å². The number of aliphatic imine (C=N–C) groups is 1. The fraction of sp³-hybridized carbons (Fsp3) is 0.615. The molecule has 7 nitrogen and oxygen atoms in total. The van der Waals surface area contributed by atoms with Crippen LogP contribution >= 0.6 is 11.8 Å². The normalized spacial score (nSPS) is 11.0. The second kappa shape index (κ2) is 10.1. The van der Waals surface area contributed by atoms with Crippen molar-refractivity contribution in [2.45, 2.75) is 26.4 Å². The van der Waals surface area contributed by atoms with Gasteiger partial charge in [0.05, 0.1) is 5.55 Å². The lowest BCUT2D eigenvalue weighted by molar-refractivity contribution is 0.0527. The van der Waals surface area contributed by atoms with E-state index < -0.39 is 17.8 Å². The molecular formula is C13H23N3O4S. The van der Waals surface area contributed by atoms with Crippen molar-refractivity contribution < 1.29 is 19.1 Å². The van der Waals surface area contributed by atoms with E-state index in [4.69, 9.17) is 9.47 Å². The van der Waals surface area contributed by atoms with Gasteiger partial charge in [-0.25, -0.2) is 9.59 Å². The number of thioether (sulfide) groups is 1. The lowest BCUT2D eigenvalue weighted by Gasteiger charge is -2.19. The third-order valence-electron chi connectivity index (χ3n) is 1.75. The fourth-order valence-electron chi connectivity index (χ4n) is 1.00. The first-order valence-corrected chi connectivity index (χ1v) is 7.25. The van der Waals surface area contributed by atoms with Crippen LogP contribution in [0, 0.1) is 0 Å². The molecule has 0 atom stereocenters. The lowest BCUT2D eigenvalue weighted by atomic mass is 10.2. The molecule has 0 bridgehead atoms. The monoisotopic (exact) mass is 317 g/mol. The molecule has 0 fully saturated rings. The summed E-state index contributed by atoms with van der Waals surface area (Å²) in [6.45, 7) is 9.63. The molecule has 0 saturated carbocycles. The van der Waals surface area contributed by atoms with Gasteiger partial charge in [0, 0.05) is 25.0 Å². The number of nitrogens with one attached hydrogen (secondary N) is 2. The van der Waals surface area contributed by atoms with E-state index in [1.807, 2.05) is 0 Å². The van der Waals surface area contributed by atoms with Gasteiger partial charge in [-0.2, -0.15) is 0 Å². The van der Waals surface area contributed by atoms with Crippen LogP contribution in [-0.2, 0) is 9.47 Å². The van der Waals surface area contributed by atoms with Gasteiger partial charge in [-0.15, -0.1) is 0 Å². The molecule has 0 spiro atoms. The largest absolute Gasteiger partial charge is 0.444 e. The van der Waals surface area contributed by atoms with Crippen LogP contribution in [-0.4, -0.2) is 50.1 Å². The van der Waals surface area contributed by atoms with Gasteiger partial charge >= 0.3 is 12.2 Å². The summed E-state index contributed by atoms with van der Waals surface area (Å²) in [5.41, 5.74) is 1.06. The highest BCUT2D eigenvalue weighted by Gasteiger charge is 2.15. The Hall–Kier alpha value is -1.70. The number of ether oxygens (including phenoxy) is 2. The van der Waals surface area contributed by atoms with Crippen molar-refractivity contribution in [3.63, 3.8) is 0 Å². The van der Waals surface area contributed by atoms with Gasteiger partial charge in [0.1, 0.15) is 12.2 Å². The maximum absolute atomic E-state index is 11.3. The second-order valence-corrected chi connectivity index (χ2v) is 5.98. The molecule has 0 aliphatic rings. The second-order valence-electron chi connectivity index (χ2n) is 4.95. The highest BCUT2D eigenvalue weighted by molar-refractivity contribution is 8.15. The number of carbonyl (C=O) groups is 2. The van der Waals surface area contributed by atoms with Gasteiger partial charge in [0.15, 0.2) is 0 Å². The Kier molecular flexibility index (Phi) is 9.27. The van der Waals surface area contributed by atoms with Crippen molar-refractivity contribution in [3.8, 4) is 0 Å². The first-order chi connectivity index (χ1) is 9.74. The number of hydrogen-bond donors (Lipinski definition) is 2. The minimum atomic E-state index is -0.573. The fourth-order valence-corrected chi connectivity index (χ4v) is 1.38. The van der Waals surface area contributed by atoms with E-state index in [1.54, 1.807) is 33.4 Å². The minimum absolute atomic E-state index is 0.0992. The molecule has 120 valence electrons. The van der Waals surface area contributed by atoms with Crippen molar-refractivity contribution in [3.05, 3.63) is 11.5 Å². The quantitative estimate of drug-likeness (QED) is 0.426. The Labute approximate surface area is 129 Å². The molecule has 2 N–H and O–H groups in total. The molecule has 0 aliphatic heterocycles. The van der Waals surface area contributed by atoms with Crippen molar-refractivity contribution in [1.82, 2.24) is 10.6 Å². The Morgan fingerprint density at radius 2 is 1.81 bits per heavy atom. The smallest absolute Gasteiger partial charge is 0.407 e. The highest BCUT2D eigenvalue weighted by Crippen LogP contribution is 2.09. The minimum Gasteiger partial charge on any atom is -0.444 e. The van der Waals surface area contributed by atoms with Gasteiger partial charge in [-0.3, -0.25) is 4.99 Å². The van der Waals surface area contributed by atoms with Crippen LogP contribution in [0.3, 0.4) is 0 Å². The molecular weight excluding hydrogens is 294 g/mol. The lowest BCUT2D eigenvalue weighted by Crippen LogP contribution is -2.38. The van der Waals surface area contributed by atoms with Crippen molar-refractivity contribution in [2.75, 3.05) is 26.7 Å². The van der Waals surface area contributed by atoms with E-state index in [0.717, 1.165) is 0 Å². The van der Waals surface area contributed by atoms with Crippen molar-refractivity contribution in [2.24, 2.45) is 4.99 Å². The van der Waals surface area contributed by atoms with Crippen LogP contribution in [0.2, 0.25) is 0 Å². The van der Waals surface area contributed by atoms with Gasteiger partial charge in [-0.05, 0) is 20.8 Å². The molecule has 0 aromatic heterocycles. The summed E-state index contributed by atoms with van der Waals surface area (Å²) in [7, 11) is 1.64. The molecule has 2 amide bonds. The van der Waals surface area contributed by atoms with Crippen LogP contribution < -0.4 is 10.6 Å². The number of hydrogen-bond acceptors (Lipinski definition) is 6. The van der Waals surface area contributed by atoms with Gasteiger partial charge in [-0.1, -0.05) is 18.3 Å². The summed E-state index contributed by atoms with van der Waals surface area (Å²) >= 11 is 1.29. The van der Waals surface area contributed by atoms with Crippen LogP contribution in [0.15, 0.2) is 16.5 Å². The molecule has 0 radical (unpaired) electrons. The van der Waals surface area contributed by atoms with E-state index in [0.29, 0.717) is 4.91 Å². The third-order valence-corrected chi connectivity index (χ3v) is 2.52. The number of nitrogens with zero attached hydrogens (tertiary/aromatic N) is 1. The number of carbonyl (C=O) groups excluding carboxylic acids is 2. The van der Waals surface area contributed by atoms with E-state index in [-0.39, 0.29) is 19.7 Å². The summed E-state index contributed by atoms with van der Waals surface area (Å²) in [6, 6.07) is 0. The molecule has 0 saturated heterocycles. The highest BCUT2D eigenvalue weighted by atomic mass is 32.2. The summed E-state index contributed by atoms with van der Waals surface area (Å²) in [4.78, 5) is 27.1. The number of rotatable bonds is 7. The Morgan fingerprint density at radius 1 is 1.24 bits per heavy atom. The van der Waals surface area contributed by atoms with Crippen molar-refractivity contribution >= 4 is 29.5 Å². The van der Waals surface area contributed by atoms with Gasteiger partial charge in [0.25, 0.3) is 0 Å². The average molecular weight is 317 g/mol. The Balaban J connectivity index is 3.67. The molecule has 0 aromatic rings. The Bertz CT molecular complexity index is 391. The molecule has 0 unspecified atom stereocenters. The predicted molar refractivity (Wildman–Crippen MR) is 84.7 cm³/mol. The molecule has 0 aliphatic carbocycles. The van der Waals surface area contributed by atoms with Crippen LogP contribution in [0.1, 0.15) is 20.8 Å². The van der Waals surface area contributed by atoms with Crippen LogP contribution in [0.25, 0.3) is 0 Å². The van der Waals surface area contributed by atoms with E-state index in [9.17, 15) is 9.59 Å². The van der Waals surface area contributed by atoms with Crippen LogP contribution in [0.4, 0.5) is 9.59 Å². The standard InChI is InChI=1S/C13H23N3O4S/c1-10(21-9-14-5)8-19-11(17)15-6-7-16-12(18)20-13(2,3)4/h9H,1,6-8H2,2-5H3,(H,15,17)(H,16,18). The van der Waals surface area contributed by atoms with E-state index in [2.05, 4.69) is 22.2 Å². The number of amides is 2. The van der Waals surface area contributed by atoms with Gasteiger partial charge in [0.2, 0.25) is 0 Å². The Morgan fingerprint density at radius 3 is 2.33 bits per heavy atom. The zero-order valence-electron chi connectivity index (χ0n) is 12.9. The molecule has 8 heteroatoms. The van der Waals surface area contributed by atoms with E-state index in [1.165, 1.54) is 11.8 Å². The van der Waals surface area contributed by atoms with Gasteiger partial charge < -0.3 is 20.1 Å². The summed E-state index contributed by atoms with van der Waals surface area (Å²) in [5.74, 6) is 0. The first-order valence-electron chi connectivity index (χ1n) is 6.37. The summed E-state index contributed by atoms with van der Waals surface area (Å²) in [5, 5.41) is 5.01. The van der Waals surface area contributed by atoms with Crippen LogP contribution in [0.5, 0.6) is 0 Å². The molecule has 0 rings (SSSR count). The first kappa shape index (κ1) is 19.3. The predicted octanol–water partition coefficient (Wildman–Crippen LogP) is 2.14. The summed E-state index contributed by atoms with van der Waals surface area (Å²) < 4.78 is 9.95. The topological polar surface area (TPSA) is 89.0 Å². The molecule has 21 heavy (non-hydrogen) atoms. The zero-order chi connectivity index (χ0) is 16.3. The summed E-state index contributed by atoms with van der Waals surface area (Å²) in [6.07, 6.45) is -1.10. The molecule has 0 heterocycles. The maximum atomic E-state index is 11.3. The molecule has 0 aromatic carbocycles. The average Bonchev–Trinajstić information content (AvgIpc) is 2.37. The zero-order valence-corrected chi connectivity index (χ0v) is 13.7. The van der Waals surface area contributed by atoms with Crippen molar-refractivity contribution in [1.29, 1.82) is 0 Å². The third kappa shape index (κ3) is 13.1.